The Kier molecular flexibility index (Phi) is 6.38. The fourth-order valence-electron chi connectivity index (χ4n) is 2.50. The van der Waals surface area contributed by atoms with E-state index in [4.69, 9.17) is 4.18 Å². The number of non-ortho nitro benzene ring substituents is 1. The third kappa shape index (κ3) is 5.58. The number of carbonyl (C=O) groups excluding carboxylic acids is 1. The van der Waals surface area contributed by atoms with E-state index in [0.717, 1.165) is 11.2 Å². The first kappa shape index (κ1) is 21.3. The second-order valence-electron chi connectivity index (χ2n) is 6.09. The van der Waals surface area contributed by atoms with Crippen molar-refractivity contribution < 1.29 is 22.3 Å². The van der Waals surface area contributed by atoms with E-state index in [9.17, 15) is 23.3 Å². The lowest BCUT2D eigenvalue weighted by atomic mass is 10.2. The third-order valence-corrected chi connectivity index (χ3v) is 5.35. The Labute approximate surface area is 177 Å². The Bertz CT molecular complexity index is 1190. The van der Waals surface area contributed by atoms with Crippen molar-refractivity contribution in [1.82, 2.24) is 0 Å². The van der Waals surface area contributed by atoms with E-state index in [1.807, 2.05) is 0 Å². The molecule has 0 fully saturated rings. The predicted octanol–water partition coefficient (Wildman–Crippen LogP) is 4.34. The zero-order valence-electron chi connectivity index (χ0n) is 15.6. The molecule has 154 valence electrons. The van der Waals surface area contributed by atoms with E-state index in [1.54, 1.807) is 48.5 Å². The Morgan fingerprint density at radius 1 is 1.00 bits per heavy atom. The number of amides is 1. The summed E-state index contributed by atoms with van der Waals surface area (Å²) in [4.78, 5) is 24.5. The molecule has 0 aliphatic carbocycles. The Morgan fingerprint density at radius 3 is 2.30 bits per heavy atom. The number of benzene rings is 3. The number of hydrogen-bond donors (Lipinski definition) is 1. The van der Waals surface area contributed by atoms with Gasteiger partial charge in [0.25, 0.3) is 11.6 Å². The summed E-state index contributed by atoms with van der Waals surface area (Å²) < 4.78 is 27.8. The van der Waals surface area contributed by atoms with Crippen LogP contribution in [0.5, 0.6) is 5.75 Å². The minimum atomic E-state index is -3.76. The number of para-hydroxylation sites is 2. The zero-order chi connectivity index (χ0) is 21.7. The highest BCUT2D eigenvalue weighted by molar-refractivity contribution is 7.99. The minimum Gasteiger partial charge on any atom is -0.380 e. The molecule has 3 aromatic carbocycles. The summed E-state index contributed by atoms with van der Waals surface area (Å²) in [6.07, 6.45) is 0.918. The van der Waals surface area contributed by atoms with Crippen LogP contribution in [0, 0.1) is 10.1 Å². The topological polar surface area (TPSA) is 116 Å². The molecule has 3 aromatic rings. The van der Waals surface area contributed by atoms with Gasteiger partial charge in [-0.2, -0.15) is 8.42 Å². The number of anilines is 1. The lowest BCUT2D eigenvalue weighted by Crippen LogP contribution is -2.15. The van der Waals surface area contributed by atoms with Crippen LogP contribution in [0.25, 0.3) is 0 Å². The molecule has 0 radical (unpaired) electrons. The second kappa shape index (κ2) is 8.97. The van der Waals surface area contributed by atoms with Gasteiger partial charge in [-0.1, -0.05) is 36.0 Å². The molecule has 0 atom stereocenters. The number of carbonyl (C=O) groups is 1. The lowest BCUT2D eigenvalue weighted by molar-refractivity contribution is -0.384. The molecule has 10 heteroatoms. The van der Waals surface area contributed by atoms with Crippen molar-refractivity contribution in [3.8, 4) is 5.75 Å². The van der Waals surface area contributed by atoms with Crippen molar-refractivity contribution in [2.24, 2.45) is 0 Å². The molecule has 30 heavy (non-hydrogen) atoms. The minimum absolute atomic E-state index is 0.00820. The molecule has 0 aliphatic heterocycles. The number of rotatable bonds is 7. The molecule has 0 unspecified atom stereocenters. The van der Waals surface area contributed by atoms with Crippen LogP contribution in [0.3, 0.4) is 0 Å². The van der Waals surface area contributed by atoms with Crippen molar-refractivity contribution in [2.45, 2.75) is 9.79 Å². The van der Waals surface area contributed by atoms with Gasteiger partial charge in [0, 0.05) is 21.9 Å². The summed E-state index contributed by atoms with van der Waals surface area (Å²) in [7, 11) is -3.76. The van der Waals surface area contributed by atoms with E-state index in [-0.39, 0.29) is 17.1 Å². The van der Waals surface area contributed by atoms with Gasteiger partial charge in [-0.3, -0.25) is 14.9 Å². The van der Waals surface area contributed by atoms with Crippen LogP contribution in [0.4, 0.5) is 11.4 Å². The van der Waals surface area contributed by atoms with Crippen LogP contribution >= 0.6 is 11.8 Å². The normalized spacial score (nSPS) is 11.0. The maximum Gasteiger partial charge on any atom is 0.306 e. The van der Waals surface area contributed by atoms with Crippen molar-refractivity contribution >= 4 is 39.2 Å². The highest BCUT2D eigenvalue weighted by Gasteiger charge is 2.16. The Hall–Kier alpha value is -3.37. The van der Waals surface area contributed by atoms with E-state index in [1.165, 1.54) is 36.0 Å². The summed E-state index contributed by atoms with van der Waals surface area (Å²) in [5.74, 6) is -0.446. The molecule has 1 amide bonds. The second-order valence-corrected chi connectivity index (χ2v) is 8.78. The predicted molar refractivity (Wildman–Crippen MR) is 114 cm³/mol. The average Bonchev–Trinajstić information content (AvgIpc) is 2.69. The van der Waals surface area contributed by atoms with Crippen molar-refractivity contribution in [1.29, 1.82) is 0 Å². The van der Waals surface area contributed by atoms with Crippen molar-refractivity contribution in [2.75, 3.05) is 11.6 Å². The van der Waals surface area contributed by atoms with Gasteiger partial charge in [0.15, 0.2) is 5.75 Å². The smallest absolute Gasteiger partial charge is 0.306 e. The van der Waals surface area contributed by atoms with Crippen LogP contribution < -0.4 is 9.50 Å². The molecule has 0 bridgehead atoms. The van der Waals surface area contributed by atoms with Gasteiger partial charge >= 0.3 is 10.1 Å². The monoisotopic (exact) mass is 444 g/mol. The molecule has 3 rings (SSSR count). The first-order valence-corrected chi connectivity index (χ1v) is 11.2. The van der Waals surface area contributed by atoms with E-state index >= 15 is 0 Å². The molecule has 1 N–H and O–H groups in total. The van der Waals surface area contributed by atoms with Crippen LogP contribution in [-0.4, -0.2) is 25.5 Å². The molecular weight excluding hydrogens is 428 g/mol. The molecule has 0 aliphatic rings. The fraction of sp³-hybridized carbons (Fsp3) is 0.0500. The van der Waals surface area contributed by atoms with Crippen molar-refractivity contribution in [3.63, 3.8) is 0 Å². The van der Waals surface area contributed by atoms with Gasteiger partial charge in [0.05, 0.1) is 22.4 Å². The first-order chi connectivity index (χ1) is 14.2. The third-order valence-electron chi connectivity index (χ3n) is 3.78. The largest absolute Gasteiger partial charge is 0.380 e. The lowest BCUT2D eigenvalue weighted by Gasteiger charge is -2.13. The SMILES string of the molecule is CS(=O)(=O)Oc1ccccc1NC(=O)c1ccccc1Sc1ccc([N+](=O)[O-])cc1. The molecule has 0 saturated heterocycles. The van der Waals surface area contributed by atoms with Crippen LogP contribution in [0.15, 0.2) is 82.6 Å². The average molecular weight is 444 g/mol. The highest BCUT2D eigenvalue weighted by Crippen LogP contribution is 2.32. The number of hydrogen-bond acceptors (Lipinski definition) is 7. The molecule has 0 saturated carbocycles. The van der Waals surface area contributed by atoms with Crippen LogP contribution in [0.1, 0.15) is 10.4 Å². The van der Waals surface area contributed by atoms with E-state index < -0.39 is 20.9 Å². The zero-order valence-corrected chi connectivity index (χ0v) is 17.3. The summed E-state index contributed by atoms with van der Waals surface area (Å²) >= 11 is 1.28. The van der Waals surface area contributed by atoms with Gasteiger partial charge in [-0.05, 0) is 36.4 Å². The Morgan fingerprint density at radius 2 is 1.63 bits per heavy atom. The summed E-state index contributed by atoms with van der Waals surface area (Å²) in [5.41, 5.74) is 0.547. The molecule has 0 aromatic heterocycles. The number of nitro groups is 1. The fourth-order valence-corrected chi connectivity index (χ4v) is 3.92. The summed E-state index contributed by atoms with van der Waals surface area (Å²) in [6.45, 7) is 0. The number of nitrogens with one attached hydrogen (secondary N) is 1. The van der Waals surface area contributed by atoms with Crippen LogP contribution in [0.2, 0.25) is 0 Å². The van der Waals surface area contributed by atoms with Gasteiger partial charge in [-0.15, -0.1) is 0 Å². The quantitative estimate of drug-likeness (QED) is 0.327. The maximum atomic E-state index is 12.9. The number of nitro benzene ring substituents is 1. The molecule has 8 nitrogen and oxygen atoms in total. The van der Waals surface area contributed by atoms with Crippen molar-refractivity contribution in [3.05, 3.63) is 88.5 Å². The molecule has 0 heterocycles. The summed E-state index contributed by atoms with van der Waals surface area (Å²) in [5, 5.41) is 13.5. The van der Waals surface area contributed by atoms with Gasteiger partial charge in [0.2, 0.25) is 0 Å². The van der Waals surface area contributed by atoms with E-state index in [2.05, 4.69) is 5.32 Å². The van der Waals surface area contributed by atoms with Gasteiger partial charge in [-0.25, -0.2) is 0 Å². The first-order valence-electron chi connectivity index (χ1n) is 8.54. The molecular formula is C20H16N2O6S2. The van der Waals surface area contributed by atoms with Gasteiger partial charge < -0.3 is 9.50 Å². The van der Waals surface area contributed by atoms with Crippen LogP contribution in [-0.2, 0) is 10.1 Å². The van der Waals surface area contributed by atoms with E-state index in [0.29, 0.717) is 10.5 Å². The highest BCUT2D eigenvalue weighted by atomic mass is 32.2. The standard InChI is InChI=1S/C20H16N2O6S2/c1-30(26,27)28-18-8-4-3-7-17(18)21-20(23)16-6-2-5-9-19(16)29-15-12-10-14(11-13-15)22(24)25/h2-13H,1H3,(H,21,23). The number of nitrogens with zero attached hydrogens (tertiary/aromatic N) is 1. The molecule has 0 spiro atoms. The maximum absolute atomic E-state index is 12.9. The van der Waals surface area contributed by atoms with Gasteiger partial charge in [0.1, 0.15) is 0 Å². The Balaban J connectivity index is 1.84. The summed E-state index contributed by atoms with van der Waals surface area (Å²) in [6, 6.07) is 19.0.